The number of rotatable bonds is 11. The number of thiophene rings is 1. The third-order valence-electron chi connectivity index (χ3n) is 9.04. The normalized spacial score (nSPS) is 14.7. The summed E-state index contributed by atoms with van der Waals surface area (Å²) in [6.45, 7) is 7.54. The lowest BCUT2D eigenvalue weighted by Gasteiger charge is -2.13. The van der Waals surface area contributed by atoms with E-state index in [0.717, 1.165) is 87.2 Å². The van der Waals surface area contributed by atoms with Crippen LogP contribution in [-0.4, -0.2) is 50.4 Å². The maximum atomic E-state index is 13.2. The molecule has 7 rings (SSSR count). The molecule has 0 bridgehead atoms. The smallest absolute Gasteiger partial charge is 0.228 e. The Kier molecular flexibility index (Phi) is 9.29. The average molecular weight is 693 g/mol. The number of aliphatic imine (C=N–C) groups is 1. The molecule has 0 fully saturated rings. The lowest BCUT2D eigenvalue weighted by Crippen LogP contribution is -2.26. The molecular formula is C37H37ClN8O2S. The fraction of sp³-hybridized carbons (Fsp3) is 0.297. The predicted octanol–water partition coefficient (Wildman–Crippen LogP) is 7.14. The standard InChI is InChI=1S/C37H37ClN8O2S/c1-21-22(2)49-37-34(21)35(24-7-11-28(38)12-8-24)43-30(36-45-44-23(3)46(36)37)19-32(47)40-16-6-4-5-15-39-31-14-10-26(20-41-31)25-9-13-29-27(17-25)18-33(48)42-29/h7-14,17,20,30H,4-6,15-16,18-19H2,1-3H3,(H,39,41)(H,40,47)(H,42,48)/t30-/m0/s1. The zero-order valence-electron chi connectivity index (χ0n) is 27.6. The van der Waals surface area contributed by atoms with Gasteiger partial charge in [0, 0.05) is 51.6 Å². The monoisotopic (exact) mass is 692 g/mol. The van der Waals surface area contributed by atoms with Crippen LogP contribution in [0.15, 0.2) is 65.8 Å². The molecule has 3 aromatic heterocycles. The number of unbranched alkanes of at least 4 members (excludes halogenated alkanes) is 2. The molecule has 0 aliphatic carbocycles. The number of nitrogens with zero attached hydrogens (tertiary/aromatic N) is 5. The average Bonchev–Trinajstić information content (AvgIpc) is 3.73. The molecule has 0 spiro atoms. The molecule has 0 radical (unpaired) electrons. The number of hydrogen-bond acceptors (Lipinski definition) is 8. The van der Waals surface area contributed by atoms with E-state index in [-0.39, 0.29) is 18.2 Å². The topological polar surface area (TPSA) is 126 Å². The van der Waals surface area contributed by atoms with E-state index in [1.54, 1.807) is 11.3 Å². The van der Waals surface area contributed by atoms with Gasteiger partial charge in [-0.15, -0.1) is 21.5 Å². The fourth-order valence-corrected chi connectivity index (χ4v) is 7.67. The first kappa shape index (κ1) is 32.7. The maximum Gasteiger partial charge on any atom is 0.228 e. The Balaban J connectivity index is 0.919. The van der Waals surface area contributed by atoms with Crippen molar-refractivity contribution < 1.29 is 9.59 Å². The van der Waals surface area contributed by atoms with E-state index in [1.807, 2.05) is 67.7 Å². The van der Waals surface area contributed by atoms with Crippen molar-refractivity contribution in [2.75, 3.05) is 23.7 Å². The number of fused-ring (bicyclic) bond motifs is 4. The summed E-state index contributed by atoms with van der Waals surface area (Å²) in [5.41, 5.74) is 7.96. The van der Waals surface area contributed by atoms with Gasteiger partial charge in [-0.3, -0.25) is 19.1 Å². The minimum absolute atomic E-state index is 0.0326. The Morgan fingerprint density at radius 3 is 2.55 bits per heavy atom. The fourth-order valence-electron chi connectivity index (χ4n) is 6.33. The highest BCUT2D eigenvalue weighted by atomic mass is 35.5. The first-order chi connectivity index (χ1) is 23.7. The van der Waals surface area contributed by atoms with Crippen LogP contribution in [0.3, 0.4) is 0 Å². The number of carbonyl (C=O) groups excluding carboxylic acids is 2. The number of amides is 2. The molecule has 5 heterocycles. The van der Waals surface area contributed by atoms with Crippen molar-refractivity contribution >= 4 is 52.0 Å². The molecule has 5 aromatic rings. The molecule has 2 aliphatic heterocycles. The summed E-state index contributed by atoms with van der Waals surface area (Å²) in [6.07, 6.45) is 5.22. The number of aryl methyl sites for hydroxylation is 2. The summed E-state index contributed by atoms with van der Waals surface area (Å²) >= 11 is 7.92. The quantitative estimate of drug-likeness (QED) is 0.126. The number of aromatic nitrogens is 4. The highest BCUT2D eigenvalue weighted by Gasteiger charge is 2.32. The minimum Gasteiger partial charge on any atom is -0.370 e. The third kappa shape index (κ3) is 6.86. The number of anilines is 2. The minimum atomic E-state index is -0.488. The van der Waals surface area contributed by atoms with Crippen molar-refractivity contribution in [1.29, 1.82) is 0 Å². The second kappa shape index (κ2) is 13.9. The summed E-state index contributed by atoms with van der Waals surface area (Å²) in [4.78, 5) is 35.9. The highest BCUT2D eigenvalue weighted by molar-refractivity contribution is 7.15. The Hall–Kier alpha value is -4.87. The summed E-state index contributed by atoms with van der Waals surface area (Å²) < 4.78 is 2.06. The van der Waals surface area contributed by atoms with Crippen LogP contribution in [0.4, 0.5) is 11.5 Å². The van der Waals surface area contributed by atoms with Crippen molar-refractivity contribution in [2.45, 2.75) is 58.9 Å². The summed E-state index contributed by atoms with van der Waals surface area (Å²) in [6, 6.07) is 17.2. The van der Waals surface area contributed by atoms with Gasteiger partial charge in [0.15, 0.2) is 5.82 Å². The summed E-state index contributed by atoms with van der Waals surface area (Å²) in [5.74, 6) is 2.23. The van der Waals surface area contributed by atoms with Crippen LogP contribution < -0.4 is 16.0 Å². The Labute approximate surface area is 294 Å². The van der Waals surface area contributed by atoms with Gasteiger partial charge in [0.2, 0.25) is 11.8 Å². The lowest BCUT2D eigenvalue weighted by molar-refractivity contribution is -0.121. The van der Waals surface area contributed by atoms with Gasteiger partial charge in [0.25, 0.3) is 0 Å². The second-order valence-corrected chi connectivity index (χ2v) is 14.1. The molecule has 12 heteroatoms. The van der Waals surface area contributed by atoms with E-state index in [9.17, 15) is 9.59 Å². The molecule has 10 nitrogen and oxygen atoms in total. The van der Waals surface area contributed by atoms with Crippen LogP contribution in [0.5, 0.6) is 0 Å². The van der Waals surface area contributed by atoms with Crippen molar-refractivity contribution in [3.63, 3.8) is 0 Å². The van der Waals surface area contributed by atoms with Crippen molar-refractivity contribution in [3.05, 3.63) is 105 Å². The van der Waals surface area contributed by atoms with Gasteiger partial charge < -0.3 is 16.0 Å². The van der Waals surface area contributed by atoms with E-state index in [4.69, 9.17) is 16.6 Å². The largest absolute Gasteiger partial charge is 0.370 e. The highest BCUT2D eigenvalue weighted by Crippen LogP contribution is 2.39. The Morgan fingerprint density at radius 2 is 1.76 bits per heavy atom. The molecule has 1 atom stereocenters. The van der Waals surface area contributed by atoms with E-state index < -0.39 is 6.04 Å². The molecule has 250 valence electrons. The van der Waals surface area contributed by atoms with Gasteiger partial charge in [-0.05, 0) is 93.1 Å². The molecule has 49 heavy (non-hydrogen) atoms. The molecule has 3 N–H and O–H groups in total. The lowest BCUT2D eigenvalue weighted by atomic mass is 9.99. The SMILES string of the molecule is Cc1sc2c(c1C)C(c1ccc(Cl)cc1)=N[C@@H](CC(=O)NCCCCCNc1ccc(-c3ccc4c(c3)CC(=O)N4)cn1)c1nnc(C)n1-2. The number of carbonyl (C=O) groups is 2. The molecule has 2 aromatic carbocycles. The van der Waals surface area contributed by atoms with Crippen LogP contribution in [0.25, 0.3) is 16.1 Å². The first-order valence-electron chi connectivity index (χ1n) is 16.5. The van der Waals surface area contributed by atoms with E-state index in [1.165, 1.54) is 4.88 Å². The molecule has 0 unspecified atom stereocenters. The third-order valence-corrected chi connectivity index (χ3v) is 10.5. The summed E-state index contributed by atoms with van der Waals surface area (Å²) in [5, 5.41) is 19.9. The second-order valence-electron chi connectivity index (χ2n) is 12.5. The molecule has 0 saturated carbocycles. The van der Waals surface area contributed by atoms with Crippen molar-refractivity contribution in [3.8, 4) is 16.1 Å². The van der Waals surface area contributed by atoms with E-state index >= 15 is 0 Å². The summed E-state index contributed by atoms with van der Waals surface area (Å²) in [7, 11) is 0. The van der Waals surface area contributed by atoms with Crippen molar-refractivity contribution in [2.24, 2.45) is 4.99 Å². The van der Waals surface area contributed by atoms with Crippen molar-refractivity contribution in [1.82, 2.24) is 25.1 Å². The molecule has 2 aliphatic rings. The van der Waals surface area contributed by atoms with Crippen LogP contribution in [-0.2, 0) is 16.0 Å². The van der Waals surface area contributed by atoms with Gasteiger partial charge in [0.1, 0.15) is 22.7 Å². The van der Waals surface area contributed by atoms with Crippen LogP contribution >= 0.6 is 22.9 Å². The number of nitrogens with one attached hydrogen (secondary N) is 3. The van der Waals surface area contributed by atoms with E-state index in [2.05, 4.69) is 49.5 Å². The molecule has 2 amide bonds. The predicted molar refractivity (Wildman–Crippen MR) is 195 cm³/mol. The number of benzene rings is 2. The van der Waals surface area contributed by atoms with Gasteiger partial charge in [-0.1, -0.05) is 29.8 Å². The number of halogens is 1. The molecule has 0 saturated heterocycles. The van der Waals surface area contributed by atoms with Gasteiger partial charge in [0.05, 0.1) is 18.6 Å². The number of hydrogen-bond donors (Lipinski definition) is 3. The Bertz CT molecular complexity index is 2070. The van der Waals surface area contributed by atoms with Gasteiger partial charge in [-0.25, -0.2) is 4.98 Å². The molecular weight excluding hydrogens is 656 g/mol. The van der Waals surface area contributed by atoms with Crippen LogP contribution in [0.2, 0.25) is 5.02 Å². The zero-order chi connectivity index (χ0) is 34.1. The van der Waals surface area contributed by atoms with Gasteiger partial charge in [-0.2, -0.15) is 0 Å². The van der Waals surface area contributed by atoms with Crippen LogP contribution in [0, 0.1) is 20.8 Å². The van der Waals surface area contributed by atoms with Gasteiger partial charge >= 0.3 is 0 Å². The Morgan fingerprint density at radius 1 is 0.980 bits per heavy atom. The zero-order valence-corrected chi connectivity index (χ0v) is 29.2. The first-order valence-corrected chi connectivity index (χ1v) is 17.7. The maximum absolute atomic E-state index is 13.2. The number of pyridine rings is 1. The van der Waals surface area contributed by atoms with Crippen LogP contribution in [0.1, 0.15) is 70.5 Å². The van der Waals surface area contributed by atoms with E-state index in [0.29, 0.717) is 23.8 Å².